The third-order valence-electron chi connectivity index (χ3n) is 8.10. The van der Waals surface area contributed by atoms with E-state index < -0.39 is 24.0 Å². The van der Waals surface area contributed by atoms with E-state index >= 15 is 0 Å². The zero-order valence-electron chi connectivity index (χ0n) is 26.5. The first kappa shape index (κ1) is 33.8. The minimum absolute atomic E-state index is 0.0334. The molecule has 2 N–H and O–H groups in total. The molecule has 0 radical (unpaired) electrons. The van der Waals surface area contributed by atoms with Crippen LogP contribution in [0, 0.1) is 0 Å². The van der Waals surface area contributed by atoms with Gasteiger partial charge >= 0.3 is 11.9 Å². The number of hydrogen-bond acceptors (Lipinski definition) is 10. The Labute approximate surface area is 277 Å². The lowest BCUT2D eigenvalue weighted by molar-refractivity contribution is -0.144. The highest BCUT2D eigenvalue weighted by molar-refractivity contribution is 6.28. The van der Waals surface area contributed by atoms with Crippen molar-refractivity contribution in [2.75, 3.05) is 27.3 Å². The van der Waals surface area contributed by atoms with Gasteiger partial charge in [-0.25, -0.2) is 9.59 Å². The molecule has 0 spiro atoms. The van der Waals surface area contributed by atoms with Crippen LogP contribution in [0.5, 0.6) is 0 Å². The third kappa shape index (κ3) is 7.68. The van der Waals surface area contributed by atoms with Gasteiger partial charge in [0.05, 0.1) is 27.3 Å². The molecule has 1 aliphatic carbocycles. The average molecular weight is 647 g/mol. The van der Waals surface area contributed by atoms with E-state index in [9.17, 15) is 28.8 Å². The van der Waals surface area contributed by atoms with Gasteiger partial charge in [0.1, 0.15) is 12.1 Å². The molecular weight excluding hydrogens is 612 g/mol. The van der Waals surface area contributed by atoms with E-state index in [1.165, 1.54) is 14.2 Å². The predicted octanol–water partition coefficient (Wildman–Crippen LogP) is 3.69. The topological polar surface area (TPSA) is 145 Å². The third-order valence-corrected chi connectivity index (χ3v) is 8.10. The van der Waals surface area contributed by atoms with Crippen molar-refractivity contribution in [1.29, 1.82) is 0 Å². The normalized spacial score (nSPS) is 13.1. The summed E-state index contributed by atoms with van der Waals surface area (Å²) < 4.78 is 9.78. The number of rotatable bonds is 14. The molecule has 10 heteroatoms. The van der Waals surface area contributed by atoms with Gasteiger partial charge in [0.2, 0.25) is 0 Å². The van der Waals surface area contributed by atoms with Gasteiger partial charge in [0.15, 0.2) is 23.1 Å². The number of ketones is 4. The maximum atomic E-state index is 13.6. The fraction of sp³-hybridized carbons (Fsp3) is 0.211. The molecule has 0 saturated carbocycles. The molecule has 2 atom stereocenters. The van der Waals surface area contributed by atoms with Crippen molar-refractivity contribution in [2.45, 2.75) is 24.9 Å². The largest absolute Gasteiger partial charge is 0.468 e. The molecule has 0 fully saturated rings. The molecule has 0 unspecified atom stereocenters. The summed E-state index contributed by atoms with van der Waals surface area (Å²) in [5.74, 6) is -2.23. The van der Waals surface area contributed by atoms with Gasteiger partial charge in [-0.05, 0) is 34.4 Å². The maximum absolute atomic E-state index is 13.6. The Morgan fingerprint density at radius 3 is 1.29 bits per heavy atom. The summed E-state index contributed by atoms with van der Waals surface area (Å²) in [5.41, 5.74) is 3.21. The number of benzene rings is 4. The van der Waals surface area contributed by atoms with Crippen molar-refractivity contribution in [1.82, 2.24) is 10.6 Å². The van der Waals surface area contributed by atoms with E-state index in [1.807, 2.05) is 12.1 Å². The molecule has 4 aromatic carbocycles. The molecule has 48 heavy (non-hydrogen) atoms. The Morgan fingerprint density at radius 1 is 0.542 bits per heavy atom. The number of fused-ring (bicyclic) bond motifs is 2. The van der Waals surface area contributed by atoms with E-state index in [2.05, 4.69) is 10.6 Å². The second kappa shape index (κ2) is 15.3. The van der Waals surface area contributed by atoms with Gasteiger partial charge in [-0.2, -0.15) is 0 Å². The highest BCUT2D eigenvalue weighted by Crippen LogP contribution is 2.29. The van der Waals surface area contributed by atoms with Crippen LogP contribution in [0.2, 0.25) is 0 Å². The van der Waals surface area contributed by atoms with Gasteiger partial charge in [-0.3, -0.25) is 29.8 Å². The highest BCUT2D eigenvalue weighted by Gasteiger charge is 2.31. The molecule has 1 aliphatic rings. The molecular formula is C38H34N2O8. The smallest absolute Gasteiger partial charge is 0.327 e. The Hall–Kier alpha value is -5.58. The van der Waals surface area contributed by atoms with Crippen LogP contribution in [-0.4, -0.2) is 62.4 Å². The zero-order chi connectivity index (χ0) is 34.2. The minimum atomic E-state index is -0.825. The summed E-state index contributed by atoms with van der Waals surface area (Å²) in [5, 5.41) is 5.90. The van der Waals surface area contributed by atoms with Crippen LogP contribution in [-0.2, 0) is 41.5 Å². The lowest BCUT2D eigenvalue weighted by atomic mass is 9.82. The lowest BCUT2D eigenvalue weighted by Crippen LogP contribution is -2.34. The SMILES string of the molecule is COC(=O)[C@@H](NCC(=O)Cc1ccc2c(c1)C(=O)c1cc(CC(=O)CN[C@@H](C(=O)OC)c3ccccc3)ccc1C2=O)c1ccccc1. The van der Waals surface area contributed by atoms with E-state index in [0.29, 0.717) is 22.3 Å². The zero-order valence-corrected chi connectivity index (χ0v) is 26.5. The van der Waals surface area contributed by atoms with Gasteiger partial charge in [-0.1, -0.05) is 84.9 Å². The van der Waals surface area contributed by atoms with Gasteiger partial charge in [0.25, 0.3) is 0 Å². The number of nitrogens with one attached hydrogen (secondary N) is 2. The summed E-state index contributed by atoms with van der Waals surface area (Å²) in [6.07, 6.45) is -0.0667. The Morgan fingerprint density at radius 2 is 0.917 bits per heavy atom. The van der Waals surface area contributed by atoms with Crippen LogP contribution in [0.25, 0.3) is 0 Å². The van der Waals surface area contributed by atoms with E-state index in [0.717, 1.165) is 0 Å². The summed E-state index contributed by atoms with van der Waals surface area (Å²) in [4.78, 5) is 77.5. The van der Waals surface area contributed by atoms with E-state index in [4.69, 9.17) is 9.47 Å². The standard InChI is InChI=1S/C38H34N2O8/c1-47-37(45)33(25-9-5-3-6-10-25)39-21-27(41)17-23-13-15-29-31(19-23)36(44)32-20-24(14-16-30(32)35(29)43)18-28(42)22-40-34(38(46)48-2)26-11-7-4-8-12-26/h3-16,19-20,33-34,39-40H,17-18,21-22H2,1-2H3/t33-,34+. The van der Waals surface area contributed by atoms with Gasteiger partial charge in [0, 0.05) is 35.1 Å². The van der Waals surface area contributed by atoms with E-state index in [-0.39, 0.29) is 71.3 Å². The van der Waals surface area contributed by atoms with Crippen molar-refractivity contribution in [2.24, 2.45) is 0 Å². The van der Waals surface area contributed by atoms with Crippen LogP contribution in [0.15, 0.2) is 97.1 Å². The second-order valence-electron chi connectivity index (χ2n) is 11.3. The predicted molar refractivity (Wildman–Crippen MR) is 176 cm³/mol. The van der Waals surface area contributed by atoms with Crippen LogP contribution >= 0.6 is 0 Å². The Bertz CT molecular complexity index is 1740. The summed E-state index contributed by atoms with van der Waals surface area (Å²) in [6, 6.07) is 25.6. The number of Topliss-reactive ketones (excluding diaryl/α,β-unsaturated/α-hetero) is 2. The fourth-order valence-corrected chi connectivity index (χ4v) is 5.68. The molecule has 0 amide bonds. The molecule has 244 valence electrons. The van der Waals surface area contributed by atoms with Crippen molar-refractivity contribution in [3.8, 4) is 0 Å². The number of ether oxygens (including phenoxy) is 2. The molecule has 4 aromatic rings. The van der Waals surface area contributed by atoms with Crippen molar-refractivity contribution < 1.29 is 38.2 Å². The van der Waals surface area contributed by atoms with Gasteiger partial charge in [-0.15, -0.1) is 0 Å². The van der Waals surface area contributed by atoms with Crippen LogP contribution in [0.1, 0.15) is 66.2 Å². The number of carbonyl (C=O) groups is 6. The molecule has 0 aliphatic heterocycles. The quantitative estimate of drug-likeness (QED) is 0.171. The van der Waals surface area contributed by atoms with Crippen molar-refractivity contribution in [3.63, 3.8) is 0 Å². The Balaban J connectivity index is 1.25. The van der Waals surface area contributed by atoms with E-state index in [1.54, 1.807) is 84.9 Å². The summed E-state index contributed by atoms with van der Waals surface area (Å²) in [6.45, 7) is -0.251. The minimum Gasteiger partial charge on any atom is -0.468 e. The Kier molecular flexibility index (Phi) is 10.8. The molecule has 10 nitrogen and oxygen atoms in total. The van der Waals surface area contributed by atoms with Gasteiger partial charge < -0.3 is 9.47 Å². The molecule has 0 saturated heterocycles. The first-order chi connectivity index (χ1) is 23.2. The maximum Gasteiger partial charge on any atom is 0.327 e. The van der Waals surface area contributed by atoms with Crippen LogP contribution in [0.4, 0.5) is 0 Å². The lowest BCUT2D eigenvalue weighted by Gasteiger charge is -2.19. The second-order valence-corrected chi connectivity index (χ2v) is 11.3. The average Bonchev–Trinajstić information content (AvgIpc) is 3.11. The first-order valence-corrected chi connectivity index (χ1v) is 15.3. The number of hydrogen-bond donors (Lipinski definition) is 2. The van der Waals surface area contributed by atoms with Crippen molar-refractivity contribution >= 4 is 35.1 Å². The molecule has 5 rings (SSSR count). The van der Waals surface area contributed by atoms with Crippen LogP contribution in [0.3, 0.4) is 0 Å². The monoisotopic (exact) mass is 646 g/mol. The summed E-state index contributed by atoms with van der Waals surface area (Å²) in [7, 11) is 2.55. The number of methoxy groups -OCH3 is 2. The number of carbonyl (C=O) groups excluding carboxylic acids is 6. The van der Waals surface area contributed by atoms with Crippen LogP contribution < -0.4 is 10.6 Å². The fourth-order valence-electron chi connectivity index (χ4n) is 5.68. The first-order valence-electron chi connectivity index (χ1n) is 15.3. The number of esters is 2. The molecule has 0 aromatic heterocycles. The van der Waals surface area contributed by atoms with Crippen molar-refractivity contribution in [3.05, 3.63) is 142 Å². The summed E-state index contributed by atoms with van der Waals surface area (Å²) >= 11 is 0. The molecule has 0 heterocycles. The molecule has 0 bridgehead atoms. The highest BCUT2D eigenvalue weighted by atomic mass is 16.5.